The van der Waals surface area contributed by atoms with Crippen LogP contribution in [0.4, 0.5) is 5.69 Å². The smallest absolute Gasteiger partial charge is 0.227 e. The van der Waals surface area contributed by atoms with E-state index in [9.17, 15) is 9.59 Å². The maximum absolute atomic E-state index is 13.4. The zero-order chi connectivity index (χ0) is 23.3. The van der Waals surface area contributed by atoms with Gasteiger partial charge in [-0.25, -0.2) is 0 Å². The first-order chi connectivity index (χ1) is 15.4. The van der Waals surface area contributed by atoms with Gasteiger partial charge in [0.1, 0.15) is 0 Å². The molecule has 0 spiro atoms. The number of carbonyl (C=O) groups excluding carboxylic acids is 2. The summed E-state index contributed by atoms with van der Waals surface area (Å²) in [5, 5.41) is 3.16. The first-order valence-electron chi connectivity index (χ1n) is 11.3. The van der Waals surface area contributed by atoms with Crippen molar-refractivity contribution in [1.82, 2.24) is 5.32 Å². The molecule has 1 saturated heterocycles. The largest absolute Gasteiger partial charge is 0.493 e. The van der Waals surface area contributed by atoms with Gasteiger partial charge in [0.05, 0.1) is 26.2 Å². The van der Waals surface area contributed by atoms with Crippen molar-refractivity contribution in [3.63, 3.8) is 0 Å². The van der Waals surface area contributed by atoms with Gasteiger partial charge < -0.3 is 19.7 Å². The van der Waals surface area contributed by atoms with E-state index in [0.717, 1.165) is 29.7 Å². The first kappa shape index (κ1) is 23.6. The number of rotatable bonds is 8. The molecule has 6 heteroatoms. The molecule has 1 heterocycles. The summed E-state index contributed by atoms with van der Waals surface area (Å²) in [5.74, 6) is 0.810. The molecule has 3 atom stereocenters. The number of anilines is 1. The summed E-state index contributed by atoms with van der Waals surface area (Å²) >= 11 is 0. The van der Waals surface area contributed by atoms with Gasteiger partial charge in [0.25, 0.3) is 0 Å². The molecule has 0 radical (unpaired) electrons. The van der Waals surface area contributed by atoms with Crippen molar-refractivity contribution in [3.05, 3.63) is 53.6 Å². The molecule has 2 aromatic rings. The summed E-state index contributed by atoms with van der Waals surface area (Å²) in [4.78, 5) is 28.3. The Bertz CT molecular complexity index is 941. The van der Waals surface area contributed by atoms with Gasteiger partial charge in [0.2, 0.25) is 11.8 Å². The van der Waals surface area contributed by atoms with E-state index in [0.29, 0.717) is 24.3 Å². The van der Waals surface area contributed by atoms with Gasteiger partial charge in [-0.15, -0.1) is 0 Å². The summed E-state index contributed by atoms with van der Waals surface area (Å²) in [7, 11) is 3.17. The van der Waals surface area contributed by atoms with Crippen molar-refractivity contribution in [2.75, 3.05) is 19.1 Å². The lowest BCUT2D eigenvalue weighted by Gasteiger charge is -2.41. The Kier molecular flexibility index (Phi) is 7.78. The molecular weight excluding hydrogens is 404 g/mol. The van der Waals surface area contributed by atoms with Crippen LogP contribution in [0.3, 0.4) is 0 Å². The number of nitrogens with one attached hydrogen (secondary N) is 1. The van der Waals surface area contributed by atoms with Crippen LogP contribution in [-0.2, 0) is 9.59 Å². The van der Waals surface area contributed by atoms with Crippen LogP contribution in [0.15, 0.2) is 42.5 Å². The van der Waals surface area contributed by atoms with Crippen molar-refractivity contribution in [2.24, 2.45) is 5.92 Å². The van der Waals surface area contributed by atoms with Crippen molar-refractivity contribution >= 4 is 17.5 Å². The van der Waals surface area contributed by atoms with E-state index in [1.54, 1.807) is 19.1 Å². The van der Waals surface area contributed by atoms with Crippen LogP contribution in [0.1, 0.15) is 56.7 Å². The highest BCUT2D eigenvalue weighted by atomic mass is 16.5. The molecule has 6 nitrogen and oxygen atoms in total. The third-order valence-corrected chi connectivity index (χ3v) is 6.11. The molecule has 0 bridgehead atoms. The summed E-state index contributed by atoms with van der Waals surface area (Å²) in [6.45, 7) is 6.14. The van der Waals surface area contributed by atoms with E-state index in [4.69, 9.17) is 9.47 Å². The highest BCUT2D eigenvalue weighted by Gasteiger charge is 2.42. The Hall–Kier alpha value is -3.02. The monoisotopic (exact) mass is 438 g/mol. The number of aryl methyl sites for hydroxylation is 1. The van der Waals surface area contributed by atoms with E-state index in [1.165, 1.54) is 0 Å². The number of hydrogen-bond donors (Lipinski definition) is 1. The molecule has 0 aromatic heterocycles. The minimum Gasteiger partial charge on any atom is -0.493 e. The second-order valence-electron chi connectivity index (χ2n) is 8.50. The molecule has 1 aliphatic rings. The van der Waals surface area contributed by atoms with Gasteiger partial charge in [-0.1, -0.05) is 37.1 Å². The molecule has 2 aromatic carbocycles. The van der Waals surface area contributed by atoms with Gasteiger partial charge in [-0.3, -0.25) is 9.59 Å². The fraction of sp³-hybridized carbons (Fsp3) is 0.462. The third kappa shape index (κ3) is 5.06. The summed E-state index contributed by atoms with van der Waals surface area (Å²) < 4.78 is 10.9. The minimum atomic E-state index is -0.437. The van der Waals surface area contributed by atoms with Crippen LogP contribution in [0.5, 0.6) is 11.5 Å². The summed E-state index contributed by atoms with van der Waals surface area (Å²) in [6.07, 6.45) is 2.75. The van der Waals surface area contributed by atoms with Crippen molar-refractivity contribution in [2.45, 2.75) is 58.5 Å². The summed E-state index contributed by atoms with van der Waals surface area (Å²) in [6, 6.07) is 13.1. The van der Waals surface area contributed by atoms with E-state index in [1.807, 2.05) is 56.3 Å². The standard InChI is InChI=1S/C26H34N2O4/c1-6-7-18(3)27-26(30)21-13-15-24(29)28(20-11-8-17(2)9-12-20)25(21)19-10-14-22(31-4)23(16-19)32-5/h8-12,14,16,18,21,25H,6-7,13,15H2,1-5H3,(H,27,30)/t18-,21+,25+/m0/s1. The number of amides is 2. The number of piperidine rings is 1. The van der Waals surface area contributed by atoms with Gasteiger partial charge in [0, 0.05) is 18.2 Å². The fourth-order valence-electron chi connectivity index (χ4n) is 4.45. The Balaban J connectivity index is 2.07. The van der Waals surface area contributed by atoms with Crippen molar-refractivity contribution < 1.29 is 19.1 Å². The Labute approximate surface area is 190 Å². The van der Waals surface area contributed by atoms with Gasteiger partial charge in [-0.2, -0.15) is 0 Å². The molecule has 172 valence electrons. The molecular formula is C26H34N2O4. The number of benzene rings is 2. The average Bonchev–Trinajstić information content (AvgIpc) is 2.79. The Morgan fingerprint density at radius 3 is 2.44 bits per heavy atom. The molecule has 0 saturated carbocycles. The highest BCUT2D eigenvalue weighted by Crippen LogP contribution is 2.42. The molecule has 1 fully saturated rings. The SMILES string of the molecule is CCC[C@H](C)NC(=O)[C@@H]1CCC(=O)N(c2ccc(C)cc2)[C@@H]1c1ccc(OC)c(OC)c1. The predicted molar refractivity (Wildman–Crippen MR) is 126 cm³/mol. The topological polar surface area (TPSA) is 67.9 Å². The summed E-state index contributed by atoms with van der Waals surface area (Å²) in [5.41, 5.74) is 2.75. The second kappa shape index (κ2) is 10.5. The zero-order valence-electron chi connectivity index (χ0n) is 19.7. The number of ether oxygens (including phenoxy) is 2. The highest BCUT2D eigenvalue weighted by molar-refractivity contribution is 5.97. The van der Waals surface area contributed by atoms with Crippen LogP contribution >= 0.6 is 0 Å². The lowest BCUT2D eigenvalue weighted by molar-refractivity contribution is -0.129. The van der Waals surface area contributed by atoms with Crippen LogP contribution in [-0.4, -0.2) is 32.1 Å². The van der Waals surface area contributed by atoms with Gasteiger partial charge in [0.15, 0.2) is 11.5 Å². The first-order valence-corrected chi connectivity index (χ1v) is 11.3. The number of carbonyl (C=O) groups is 2. The quantitative estimate of drug-likeness (QED) is 0.643. The van der Waals surface area contributed by atoms with E-state index >= 15 is 0 Å². The normalized spacial score (nSPS) is 19.4. The number of hydrogen-bond acceptors (Lipinski definition) is 4. The van der Waals surface area contributed by atoms with E-state index in [-0.39, 0.29) is 23.8 Å². The molecule has 0 unspecified atom stereocenters. The average molecular weight is 439 g/mol. The van der Waals surface area contributed by atoms with Crippen molar-refractivity contribution in [1.29, 1.82) is 0 Å². The van der Waals surface area contributed by atoms with E-state index < -0.39 is 6.04 Å². The third-order valence-electron chi connectivity index (χ3n) is 6.11. The second-order valence-corrected chi connectivity index (χ2v) is 8.50. The van der Waals surface area contributed by atoms with Crippen molar-refractivity contribution in [3.8, 4) is 11.5 Å². The fourth-order valence-corrected chi connectivity index (χ4v) is 4.45. The minimum absolute atomic E-state index is 0.0132. The van der Waals surface area contributed by atoms with E-state index in [2.05, 4.69) is 12.2 Å². The Morgan fingerprint density at radius 1 is 1.12 bits per heavy atom. The number of nitrogens with zero attached hydrogens (tertiary/aromatic N) is 1. The van der Waals surface area contributed by atoms with Crippen LogP contribution < -0.4 is 19.7 Å². The van der Waals surface area contributed by atoms with Gasteiger partial charge in [-0.05, 0) is 56.5 Å². The predicted octanol–water partition coefficient (Wildman–Crippen LogP) is 4.80. The molecule has 2 amide bonds. The molecule has 3 rings (SSSR count). The zero-order valence-corrected chi connectivity index (χ0v) is 19.7. The van der Waals surface area contributed by atoms with Crippen LogP contribution in [0.25, 0.3) is 0 Å². The van der Waals surface area contributed by atoms with Crippen LogP contribution in [0, 0.1) is 12.8 Å². The van der Waals surface area contributed by atoms with Gasteiger partial charge >= 0.3 is 0 Å². The lowest BCUT2D eigenvalue weighted by Crippen LogP contribution is -2.49. The molecule has 1 N–H and O–H groups in total. The molecule has 1 aliphatic heterocycles. The van der Waals surface area contributed by atoms with Crippen LogP contribution in [0.2, 0.25) is 0 Å². The molecule has 32 heavy (non-hydrogen) atoms. The maximum Gasteiger partial charge on any atom is 0.227 e. The lowest BCUT2D eigenvalue weighted by atomic mass is 9.82. The maximum atomic E-state index is 13.4. The molecule has 0 aliphatic carbocycles. The Morgan fingerprint density at radius 2 is 1.81 bits per heavy atom. The number of methoxy groups -OCH3 is 2.